The minimum absolute atomic E-state index is 0.185. The lowest BCUT2D eigenvalue weighted by Gasteiger charge is -2.23. The van der Waals surface area contributed by atoms with Gasteiger partial charge in [0, 0.05) is 6.04 Å². The molecule has 0 spiro atoms. The molecule has 2 rings (SSSR count). The van der Waals surface area contributed by atoms with Gasteiger partial charge in [-0.25, -0.2) is 0 Å². The van der Waals surface area contributed by atoms with Crippen LogP contribution < -0.4 is 10.1 Å². The van der Waals surface area contributed by atoms with Crippen LogP contribution in [0.4, 0.5) is 0 Å². The molecule has 0 amide bonds. The Kier molecular flexibility index (Phi) is 4.87. The van der Waals surface area contributed by atoms with Gasteiger partial charge in [0.05, 0.1) is 6.61 Å². The zero-order valence-electron chi connectivity index (χ0n) is 12.5. The van der Waals surface area contributed by atoms with Gasteiger partial charge >= 0.3 is 0 Å². The van der Waals surface area contributed by atoms with Crippen molar-refractivity contribution in [1.82, 2.24) is 5.32 Å². The summed E-state index contributed by atoms with van der Waals surface area (Å²) >= 11 is 0. The summed E-state index contributed by atoms with van der Waals surface area (Å²) in [5, 5.41) is 3.56. The third-order valence-corrected chi connectivity index (χ3v) is 3.85. The van der Waals surface area contributed by atoms with E-state index in [-0.39, 0.29) is 5.41 Å². The molecule has 0 bridgehead atoms. The van der Waals surface area contributed by atoms with Gasteiger partial charge in [-0.15, -0.1) is 0 Å². The third kappa shape index (κ3) is 4.54. The second-order valence-electron chi connectivity index (χ2n) is 6.56. The summed E-state index contributed by atoms with van der Waals surface area (Å²) in [6.07, 6.45) is 5.09. The van der Waals surface area contributed by atoms with Gasteiger partial charge in [0.1, 0.15) is 5.75 Å². The van der Waals surface area contributed by atoms with Crippen LogP contribution >= 0.6 is 0 Å². The highest BCUT2D eigenvalue weighted by Gasteiger charge is 2.15. The highest BCUT2D eigenvalue weighted by molar-refractivity contribution is 5.32. The van der Waals surface area contributed by atoms with E-state index in [4.69, 9.17) is 4.74 Å². The molecule has 0 saturated carbocycles. The lowest BCUT2D eigenvalue weighted by Crippen LogP contribution is -2.35. The van der Waals surface area contributed by atoms with Crippen molar-refractivity contribution >= 4 is 0 Å². The first-order chi connectivity index (χ1) is 9.05. The van der Waals surface area contributed by atoms with Gasteiger partial charge in [-0.05, 0) is 48.9 Å². The van der Waals surface area contributed by atoms with E-state index < -0.39 is 0 Å². The van der Waals surface area contributed by atoms with E-state index in [0.717, 1.165) is 18.8 Å². The average Bonchev–Trinajstić information content (AvgIpc) is 2.39. The minimum atomic E-state index is 0.185. The first-order valence-corrected chi connectivity index (χ1v) is 7.52. The summed E-state index contributed by atoms with van der Waals surface area (Å²) in [7, 11) is 0. The summed E-state index contributed by atoms with van der Waals surface area (Å²) in [6.45, 7) is 8.68. The maximum atomic E-state index is 5.90. The standard InChI is InChI=1S/C17H27NO/c1-17(2,3)14-7-6-9-16(13-14)19-12-10-15-8-4-5-11-18-15/h6-7,9,13,15,18H,4-5,8,10-12H2,1-3H3/t15-/m0/s1. The van der Waals surface area contributed by atoms with Crippen molar-refractivity contribution in [3.8, 4) is 5.75 Å². The third-order valence-electron chi connectivity index (χ3n) is 3.85. The topological polar surface area (TPSA) is 21.3 Å². The fraction of sp³-hybridized carbons (Fsp3) is 0.647. The van der Waals surface area contributed by atoms with Crippen molar-refractivity contribution in [2.45, 2.75) is 57.9 Å². The van der Waals surface area contributed by atoms with E-state index in [1.807, 2.05) is 0 Å². The van der Waals surface area contributed by atoms with Crippen LogP contribution in [-0.4, -0.2) is 19.2 Å². The quantitative estimate of drug-likeness (QED) is 0.887. The van der Waals surface area contributed by atoms with Gasteiger partial charge in [-0.3, -0.25) is 0 Å². The number of rotatable bonds is 4. The molecule has 1 fully saturated rings. The molecule has 1 heterocycles. The summed E-state index contributed by atoms with van der Waals surface area (Å²) in [4.78, 5) is 0. The Bertz CT molecular complexity index is 388. The normalized spacial score (nSPS) is 20.3. The van der Waals surface area contributed by atoms with Crippen LogP contribution in [0.5, 0.6) is 5.75 Å². The molecule has 1 atom stereocenters. The molecule has 1 saturated heterocycles. The molecule has 106 valence electrons. The molecule has 19 heavy (non-hydrogen) atoms. The van der Waals surface area contributed by atoms with E-state index in [0.29, 0.717) is 6.04 Å². The molecule has 2 nitrogen and oxygen atoms in total. The predicted molar refractivity (Wildman–Crippen MR) is 80.9 cm³/mol. The molecule has 0 aromatic heterocycles. The van der Waals surface area contributed by atoms with Gasteiger partial charge < -0.3 is 10.1 Å². The second kappa shape index (κ2) is 6.42. The molecule has 1 aliphatic heterocycles. The number of ether oxygens (including phenoxy) is 1. The molecule has 2 heteroatoms. The van der Waals surface area contributed by atoms with Crippen LogP contribution in [0.25, 0.3) is 0 Å². The molecule has 1 aliphatic rings. The highest BCUT2D eigenvalue weighted by Crippen LogP contribution is 2.25. The van der Waals surface area contributed by atoms with E-state index in [9.17, 15) is 0 Å². The first kappa shape index (κ1) is 14.4. The lowest BCUT2D eigenvalue weighted by atomic mass is 9.87. The van der Waals surface area contributed by atoms with Crippen molar-refractivity contribution in [3.05, 3.63) is 29.8 Å². The van der Waals surface area contributed by atoms with Gasteiger partial charge in [0.25, 0.3) is 0 Å². The number of nitrogens with one attached hydrogen (secondary N) is 1. The zero-order valence-corrected chi connectivity index (χ0v) is 12.5. The van der Waals surface area contributed by atoms with Crippen LogP contribution in [0.1, 0.15) is 52.0 Å². The summed E-state index contributed by atoms with van der Waals surface area (Å²) in [5.41, 5.74) is 1.52. The zero-order chi connectivity index (χ0) is 13.7. The van der Waals surface area contributed by atoms with E-state index >= 15 is 0 Å². The Hall–Kier alpha value is -1.02. The van der Waals surface area contributed by atoms with Gasteiger partial charge in [-0.1, -0.05) is 39.3 Å². The van der Waals surface area contributed by atoms with Gasteiger partial charge in [-0.2, -0.15) is 0 Å². The van der Waals surface area contributed by atoms with Crippen molar-refractivity contribution in [2.75, 3.05) is 13.2 Å². The largest absolute Gasteiger partial charge is 0.494 e. The van der Waals surface area contributed by atoms with Gasteiger partial charge in [0.2, 0.25) is 0 Å². The Morgan fingerprint density at radius 1 is 1.26 bits per heavy atom. The molecule has 1 aromatic rings. The SMILES string of the molecule is CC(C)(C)c1cccc(OCC[C@@H]2CCCCN2)c1. The molecule has 1 aromatic carbocycles. The number of hydrogen-bond acceptors (Lipinski definition) is 2. The van der Waals surface area contributed by atoms with Crippen LogP contribution in [0.2, 0.25) is 0 Å². The van der Waals surface area contributed by atoms with E-state index in [1.54, 1.807) is 0 Å². The Morgan fingerprint density at radius 3 is 2.79 bits per heavy atom. The fourth-order valence-electron chi connectivity index (χ4n) is 2.54. The molecule has 0 unspecified atom stereocenters. The van der Waals surface area contributed by atoms with Gasteiger partial charge in [0.15, 0.2) is 0 Å². The fourth-order valence-corrected chi connectivity index (χ4v) is 2.54. The lowest BCUT2D eigenvalue weighted by molar-refractivity contribution is 0.268. The molecular weight excluding hydrogens is 234 g/mol. The van der Waals surface area contributed by atoms with Crippen LogP contribution in [0.3, 0.4) is 0 Å². The number of hydrogen-bond donors (Lipinski definition) is 1. The number of piperidine rings is 1. The smallest absolute Gasteiger partial charge is 0.119 e. The maximum absolute atomic E-state index is 5.90. The summed E-state index contributed by atoms with van der Waals surface area (Å²) in [5.74, 6) is 1.00. The van der Waals surface area contributed by atoms with Crippen molar-refractivity contribution in [1.29, 1.82) is 0 Å². The maximum Gasteiger partial charge on any atom is 0.119 e. The van der Waals surface area contributed by atoms with Crippen molar-refractivity contribution < 1.29 is 4.74 Å². The summed E-state index contributed by atoms with van der Waals surface area (Å²) < 4.78 is 5.90. The van der Waals surface area contributed by atoms with Crippen molar-refractivity contribution in [3.63, 3.8) is 0 Å². The number of benzene rings is 1. The second-order valence-corrected chi connectivity index (χ2v) is 6.56. The summed E-state index contributed by atoms with van der Waals surface area (Å²) in [6, 6.07) is 9.15. The molecular formula is C17H27NO. The predicted octanol–water partition coefficient (Wildman–Crippen LogP) is 3.90. The Labute approximate surface area is 117 Å². The monoisotopic (exact) mass is 261 g/mol. The van der Waals surface area contributed by atoms with Crippen LogP contribution in [0, 0.1) is 0 Å². The molecule has 0 aliphatic carbocycles. The highest BCUT2D eigenvalue weighted by atomic mass is 16.5. The van der Waals surface area contributed by atoms with E-state index in [2.05, 4.69) is 50.4 Å². The van der Waals surface area contributed by atoms with Crippen LogP contribution in [0.15, 0.2) is 24.3 Å². The first-order valence-electron chi connectivity index (χ1n) is 7.52. The van der Waals surface area contributed by atoms with Crippen molar-refractivity contribution in [2.24, 2.45) is 0 Å². The Morgan fingerprint density at radius 2 is 2.11 bits per heavy atom. The molecule has 1 N–H and O–H groups in total. The molecule has 0 radical (unpaired) electrons. The average molecular weight is 261 g/mol. The minimum Gasteiger partial charge on any atom is -0.494 e. The van der Waals surface area contributed by atoms with Crippen LogP contribution in [-0.2, 0) is 5.41 Å². The van der Waals surface area contributed by atoms with E-state index in [1.165, 1.54) is 31.4 Å². The Balaban J connectivity index is 1.82.